The molecule has 18 heavy (non-hydrogen) atoms. The third-order valence-corrected chi connectivity index (χ3v) is 2.44. The highest BCUT2D eigenvalue weighted by molar-refractivity contribution is 5.91. The van der Waals surface area contributed by atoms with Crippen LogP contribution in [0.3, 0.4) is 0 Å². The first kappa shape index (κ1) is 10.9. The van der Waals surface area contributed by atoms with Gasteiger partial charge in [-0.2, -0.15) is 0 Å². The largest absolute Gasteiger partial charge is 0.586 e. The van der Waals surface area contributed by atoms with Crippen LogP contribution in [0, 0.1) is 12.7 Å². The van der Waals surface area contributed by atoms with E-state index in [1.54, 1.807) is 0 Å². The van der Waals surface area contributed by atoms with Crippen molar-refractivity contribution in [1.82, 2.24) is 9.97 Å². The second kappa shape index (κ2) is 3.15. The first-order valence-corrected chi connectivity index (χ1v) is 4.89. The molecule has 0 saturated carbocycles. The lowest BCUT2D eigenvalue weighted by atomic mass is 10.2. The number of halogens is 3. The molecule has 94 valence electrons. The third-order valence-electron chi connectivity index (χ3n) is 2.44. The fraction of sp³-hybridized carbons (Fsp3) is 0.200. The zero-order chi connectivity index (χ0) is 13.1. The Labute approximate surface area is 98.3 Å². The number of ether oxygens (including phenoxy) is 2. The molecular formula is C10H6F3N3O2. The van der Waals surface area contributed by atoms with Gasteiger partial charge >= 0.3 is 6.29 Å². The van der Waals surface area contributed by atoms with Crippen LogP contribution in [0.1, 0.15) is 5.82 Å². The summed E-state index contributed by atoms with van der Waals surface area (Å²) < 4.78 is 48.0. The van der Waals surface area contributed by atoms with E-state index in [0.717, 1.165) is 6.07 Å². The highest BCUT2D eigenvalue weighted by Crippen LogP contribution is 2.45. The molecule has 0 fully saturated rings. The quantitative estimate of drug-likeness (QED) is 0.781. The molecule has 0 saturated heterocycles. The van der Waals surface area contributed by atoms with Gasteiger partial charge in [0.05, 0.1) is 0 Å². The van der Waals surface area contributed by atoms with Crippen LogP contribution in [-0.2, 0) is 0 Å². The molecule has 0 radical (unpaired) electrons. The molecule has 8 heteroatoms. The summed E-state index contributed by atoms with van der Waals surface area (Å²) in [4.78, 5) is 7.64. The highest BCUT2D eigenvalue weighted by Gasteiger charge is 2.45. The molecule has 1 aromatic carbocycles. The summed E-state index contributed by atoms with van der Waals surface area (Å²) in [6.45, 7) is 1.51. The Kier molecular flexibility index (Phi) is 1.90. The van der Waals surface area contributed by atoms with Crippen LogP contribution in [0.4, 0.5) is 19.0 Å². The number of alkyl halides is 2. The fourth-order valence-corrected chi connectivity index (χ4v) is 1.76. The van der Waals surface area contributed by atoms with Crippen LogP contribution < -0.4 is 15.2 Å². The average molecular weight is 257 g/mol. The van der Waals surface area contributed by atoms with Gasteiger partial charge in [0.25, 0.3) is 0 Å². The summed E-state index contributed by atoms with van der Waals surface area (Å²) in [7, 11) is 0. The minimum Gasteiger partial charge on any atom is -0.395 e. The molecule has 3 rings (SSSR count). The number of aryl methyl sites for hydroxylation is 1. The Morgan fingerprint density at radius 3 is 2.72 bits per heavy atom. The molecule has 2 aromatic rings. The zero-order valence-electron chi connectivity index (χ0n) is 9.00. The van der Waals surface area contributed by atoms with Crippen molar-refractivity contribution in [2.75, 3.05) is 5.73 Å². The van der Waals surface area contributed by atoms with E-state index in [4.69, 9.17) is 5.73 Å². The van der Waals surface area contributed by atoms with E-state index in [9.17, 15) is 13.2 Å². The van der Waals surface area contributed by atoms with Gasteiger partial charge in [-0.1, -0.05) is 0 Å². The number of aromatic nitrogens is 2. The molecule has 1 aliphatic heterocycles. The van der Waals surface area contributed by atoms with Gasteiger partial charge in [-0.15, -0.1) is 8.78 Å². The molecule has 1 aliphatic rings. The van der Waals surface area contributed by atoms with Crippen molar-refractivity contribution in [3.63, 3.8) is 0 Å². The van der Waals surface area contributed by atoms with Crippen molar-refractivity contribution in [2.24, 2.45) is 0 Å². The summed E-state index contributed by atoms with van der Waals surface area (Å²) in [5, 5.41) is 0.0955. The maximum Gasteiger partial charge on any atom is 0.586 e. The number of anilines is 1. The second-order valence-electron chi connectivity index (χ2n) is 3.74. The maximum atomic E-state index is 14.0. The molecule has 0 atom stereocenters. The van der Waals surface area contributed by atoms with E-state index in [-0.39, 0.29) is 22.5 Å². The van der Waals surface area contributed by atoms with Crippen molar-refractivity contribution < 1.29 is 22.6 Å². The molecule has 0 bridgehead atoms. The van der Waals surface area contributed by atoms with Crippen LogP contribution in [-0.4, -0.2) is 16.3 Å². The van der Waals surface area contributed by atoms with Crippen molar-refractivity contribution in [2.45, 2.75) is 13.2 Å². The number of nitrogen functional groups attached to an aromatic ring is 1. The van der Waals surface area contributed by atoms with E-state index >= 15 is 0 Å². The summed E-state index contributed by atoms with van der Waals surface area (Å²) in [6.07, 6.45) is -3.89. The van der Waals surface area contributed by atoms with Crippen LogP contribution in [0.2, 0.25) is 0 Å². The predicted octanol–water partition coefficient (Wildman–Crippen LogP) is 1.98. The van der Waals surface area contributed by atoms with Crippen molar-refractivity contribution >= 4 is 16.7 Å². The number of hydrogen-bond donors (Lipinski definition) is 1. The van der Waals surface area contributed by atoms with Gasteiger partial charge in [0.2, 0.25) is 5.75 Å². The Balaban J connectivity index is 2.36. The topological polar surface area (TPSA) is 70.3 Å². The first-order chi connectivity index (χ1) is 8.37. The normalized spacial score (nSPS) is 16.2. The molecular weight excluding hydrogens is 251 g/mol. The molecule has 1 aromatic heterocycles. The van der Waals surface area contributed by atoms with Crippen LogP contribution in [0.25, 0.3) is 10.9 Å². The number of hydrogen-bond acceptors (Lipinski definition) is 5. The summed E-state index contributed by atoms with van der Waals surface area (Å²) in [5.41, 5.74) is 5.41. The Morgan fingerprint density at radius 2 is 2.00 bits per heavy atom. The lowest BCUT2D eigenvalue weighted by Crippen LogP contribution is -2.26. The van der Waals surface area contributed by atoms with Crippen LogP contribution >= 0.6 is 0 Å². The lowest BCUT2D eigenvalue weighted by molar-refractivity contribution is -0.287. The summed E-state index contributed by atoms with van der Waals surface area (Å²) in [6, 6.07) is 1.13. The van der Waals surface area contributed by atoms with Gasteiger partial charge in [0.15, 0.2) is 11.6 Å². The molecule has 2 N–H and O–H groups in total. The minimum atomic E-state index is -3.89. The highest BCUT2D eigenvalue weighted by atomic mass is 19.3. The monoisotopic (exact) mass is 257 g/mol. The van der Waals surface area contributed by atoms with Crippen molar-refractivity contribution in [3.05, 3.63) is 17.7 Å². The van der Waals surface area contributed by atoms with Gasteiger partial charge in [0.1, 0.15) is 17.2 Å². The van der Waals surface area contributed by atoms with Crippen LogP contribution in [0.5, 0.6) is 11.5 Å². The van der Waals surface area contributed by atoms with E-state index in [0.29, 0.717) is 0 Å². The van der Waals surface area contributed by atoms with E-state index in [2.05, 4.69) is 19.4 Å². The Hall–Kier alpha value is -2.25. The van der Waals surface area contributed by atoms with Gasteiger partial charge in [-0.3, -0.25) is 0 Å². The molecule has 5 nitrogen and oxygen atoms in total. The molecule has 2 heterocycles. The fourth-order valence-electron chi connectivity index (χ4n) is 1.76. The van der Waals surface area contributed by atoms with Crippen molar-refractivity contribution in [3.8, 4) is 11.5 Å². The number of rotatable bonds is 0. The SMILES string of the molecule is Cc1nc(N)c2cc3c(c(F)c2n1)OC(F)(F)O3. The second-order valence-corrected chi connectivity index (χ2v) is 3.74. The van der Waals surface area contributed by atoms with Gasteiger partial charge in [0, 0.05) is 5.39 Å². The van der Waals surface area contributed by atoms with Crippen LogP contribution in [0.15, 0.2) is 6.07 Å². The first-order valence-electron chi connectivity index (χ1n) is 4.89. The smallest absolute Gasteiger partial charge is 0.395 e. The number of nitrogens with two attached hydrogens (primary N) is 1. The maximum absolute atomic E-state index is 14.0. The lowest BCUT2D eigenvalue weighted by Gasteiger charge is -2.05. The van der Waals surface area contributed by atoms with E-state index < -0.39 is 23.6 Å². The Morgan fingerprint density at radius 1 is 1.28 bits per heavy atom. The number of benzene rings is 1. The minimum absolute atomic E-state index is 0.0157. The number of fused-ring (bicyclic) bond motifs is 2. The third kappa shape index (κ3) is 1.41. The summed E-state index contributed by atoms with van der Waals surface area (Å²) in [5.74, 6) is -1.94. The van der Waals surface area contributed by atoms with Gasteiger partial charge < -0.3 is 15.2 Å². The molecule has 0 amide bonds. The molecule has 0 spiro atoms. The number of nitrogens with zero attached hydrogens (tertiary/aromatic N) is 2. The van der Waals surface area contributed by atoms with E-state index in [1.165, 1.54) is 6.92 Å². The standard InChI is InChI=1S/C10H6F3N3O2/c1-3-15-7-4(9(14)16-3)2-5-8(6(7)11)18-10(12,13)17-5/h2H,1H3,(H2,14,15,16). The van der Waals surface area contributed by atoms with E-state index in [1.807, 2.05) is 0 Å². The van der Waals surface area contributed by atoms with Gasteiger partial charge in [-0.05, 0) is 13.0 Å². The molecule has 0 unspecified atom stereocenters. The average Bonchev–Trinajstić information content (AvgIpc) is 2.56. The van der Waals surface area contributed by atoms with Gasteiger partial charge in [-0.25, -0.2) is 14.4 Å². The summed E-state index contributed by atoms with van der Waals surface area (Å²) >= 11 is 0. The molecule has 0 aliphatic carbocycles. The zero-order valence-corrected chi connectivity index (χ0v) is 9.00. The predicted molar refractivity (Wildman–Crippen MR) is 54.8 cm³/mol. The Bertz CT molecular complexity index is 675. The van der Waals surface area contributed by atoms with Crippen molar-refractivity contribution in [1.29, 1.82) is 0 Å².